The summed E-state index contributed by atoms with van der Waals surface area (Å²) >= 11 is 0. The number of nitrogens with two attached hydrogens (primary N) is 1. The molecule has 0 aromatic heterocycles. The second kappa shape index (κ2) is 8.76. The maximum absolute atomic E-state index is 5.96. The minimum Gasteiger partial charge on any atom is -0.380 e. The molecule has 1 unspecified atom stereocenters. The Labute approximate surface area is 133 Å². The van der Waals surface area contributed by atoms with Crippen molar-refractivity contribution in [3.8, 4) is 0 Å². The molecule has 0 amide bonds. The molecular formula is C17H28N4O. The molecule has 22 heavy (non-hydrogen) atoms. The van der Waals surface area contributed by atoms with Gasteiger partial charge in [-0.2, -0.15) is 0 Å². The number of nitrogens with one attached hydrogen (secondary N) is 1. The average molecular weight is 304 g/mol. The summed E-state index contributed by atoms with van der Waals surface area (Å²) < 4.78 is 5.10. The fourth-order valence-corrected chi connectivity index (χ4v) is 2.90. The third kappa shape index (κ3) is 5.00. The van der Waals surface area contributed by atoms with Crippen molar-refractivity contribution in [3.63, 3.8) is 0 Å². The van der Waals surface area contributed by atoms with Gasteiger partial charge in [0.1, 0.15) is 0 Å². The van der Waals surface area contributed by atoms with E-state index in [1.807, 2.05) is 0 Å². The summed E-state index contributed by atoms with van der Waals surface area (Å²) in [6, 6.07) is 8.86. The molecule has 0 saturated carbocycles. The molecule has 1 atom stereocenters. The van der Waals surface area contributed by atoms with Gasteiger partial charge in [-0.15, -0.1) is 0 Å². The highest BCUT2D eigenvalue weighted by atomic mass is 16.5. The van der Waals surface area contributed by atoms with Crippen LogP contribution in [-0.4, -0.2) is 43.6 Å². The lowest BCUT2D eigenvalue weighted by Crippen LogP contribution is -2.42. The van der Waals surface area contributed by atoms with Gasteiger partial charge >= 0.3 is 0 Å². The summed E-state index contributed by atoms with van der Waals surface area (Å²) in [5.74, 6) is 0.531. The van der Waals surface area contributed by atoms with E-state index in [9.17, 15) is 0 Å². The number of hydrogen-bond donors (Lipinski definition) is 2. The number of benzene rings is 1. The summed E-state index contributed by atoms with van der Waals surface area (Å²) in [6.07, 6.45) is 2.53. The molecule has 0 aliphatic carbocycles. The Kier molecular flexibility index (Phi) is 6.68. The normalized spacial score (nSPS) is 19.5. The van der Waals surface area contributed by atoms with E-state index < -0.39 is 0 Å². The largest absolute Gasteiger partial charge is 0.380 e. The number of methoxy groups -OCH3 is 1. The highest BCUT2D eigenvalue weighted by molar-refractivity contribution is 5.77. The molecule has 5 heteroatoms. The van der Waals surface area contributed by atoms with E-state index in [-0.39, 0.29) is 0 Å². The first kappa shape index (κ1) is 16.8. The first-order valence-electron chi connectivity index (χ1n) is 8.07. The number of guanidine groups is 1. The predicted octanol–water partition coefficient (Wildman–Crippen LogP) is 1.72. The van der Waals surface area contributed by atoms with Gasteiger partial charge in [0.05, 0.1) is 13.2 Å². The molecule has 3 N–H and O–H groups in total. The van der Waals surface area contributed by atoms with Gasteiger partial charge in [0.15, 0.2) is 5.96 Å². The van der Waals surface area contributed by atoms with Crippen LogP contribution in [0.2, 0.25) is 0 Å². The zero-order chi connectivity index (χ0) is 15.8. The summed E-state index contributed by atoms with van der Waals surface area (Å²) in [5, 5.41) is 3.26. The van der Waals surface area contributed by atoms with Crippen molar-refractivity contribution in [3.05, 3.63) is 35.4 Å². The molecule has 1 fully saturated rings. The van der Waals surface area contributed by atoms with Crippen molar-refractivity contribution in [2.75, 3.05) is 26.7 Å². The van der Waals surface area contributed by atoms with Crippen LogP contribution in [0.3, 0.4) is 0 Å². The average Bonchev–Trinajstić information content (AvgIpc) is 3.00. The molecule has 1 aliphatic heterocycles. The molecule has 0 radical (unpaired) electrons. The van der Waals surface area contributed by atoms with Crippen molar-refractivity contribution in [2.45, 2.75) is 39.0 Å². The van der Waals surface area contributed by atoms with Crippen LogP contribution in [-0.2, 0) is 17.9 Å². The highest BCUT2D eigenvalue weighted by Gasteiger charge is 2.22. The van der Waals surface area contributed by atoms with E-state index in [4.69, 9.17) is 10.5 Å². The lowest BCUT2D eigenvalue weighted by molar-refractivity contribution is 0.185. The van der Waals surface area contributed by atoms with Crippen molar-refractivity contribution in [2.24, 2.45) is 10.7 Å². The van der Waals surface area contributed by atoms with Crippen LogP contribution in [0.1, 0.15) is 30.9 Å². The topological polar surface area (TPSA) is 62.9 Å². The fraction of sp³-hybridized carbons (Fsp3) is 0.588. The Morgan fingerprint density at radius 2 is 2.09 bits per heavy atom. The number of ether oxygens (including phenoxy) is 1. The second-order valence-electron chi connectivity index (χ2n) is 5.76. The summed E-state index contributed by atoms with van der Waals surface area (Å²) in [5.41, 5.74) is 8.29. The van der Waals surface area contributed by atoms with Gasteiger partial charge in [0.2, 0.25) is 0 Å². The zero-order valence-electron chi connectivity index (χ0n) is 13.7. The van der Waals surface area contributed by atoms with Crippen molar-refractivity contribution >= 4 is 5.96 Å². The lowest BCUT2D eigenvalue weighted by atomic mass is 10.1. The van der Waals surface area contributed by atoms with Crippen molar-refractivity contribution < 1.29 is 4.74 Å². The van der Waals surface area contributed by atoms with Crippen LogP contribution < -0.4 is 11.1 Å². The minimum atomic E-state index is 0.531. The molecule has 5 nitrogen and oxygen atoms in total. The molecule has 0 spiro atoms. The van der Waals surface area contributed by atoms with E-state index in [1.165, 1.54) is 24.9 Å². The minimum absolute atomic E-state index is 0.531. The van der Waals surface area contributed by atoms with Crippen LogP contribution in [0.5, 0.6) is 0 Å². The first-order valence-corrected chi connectivity index (χ1v) is 8.07. The Hall–Kier alpha value is -1.59. The number of rotatable bonds is 7. The molecule has 2 rings (SSSR count). The van der Waals surface area contributed by atoms with Crippen LogP contribution in [0, 0.1) is 0 Å². The fourth-order valence-electron chi connectivity index (χ4n) is 2.90. The molecule has 0 bridgehead atoms. The van der Waals surface area contributed by atoms with E-state index >= 15 is 0 Å². The number of nitrogens with zero attached hydrogens (tertiary/aromatic N) is 2. The maximum Gasteiger partial charge on any atom is 0.188 e. The predicted molar refractivity (Wildman–Crippen MR) is 90.8 cm³/mol. The Morgan fingerprint density at radius 3 is 2.77 bits per heavy atom. The third-order valence-electron chi connectivity index (χ3n) is 4.19. The van der Waals surface area contributed by atoms with Crippen LogP contribution in [0.4, 0.5) is 0 Å². The van der Waals surface area contributed by atoms with Crippen LogP contribution in [0.25, 0.3) is 0 Å². The van der Waals surface area contributed by atoms with Crippen molar-refractivity contribution in [1.29, 1.82) is 0 Å². The maximum atomic E-state index is 5.96. The van der Waals surface area contributed by atoms with Gasteiger partial charge in [0.25, 0.3) is 0 Å². The van der Waals surface area contributed by atoms with E-state index in [0.717, 1.165) is 18.7 Å². The molecule has 122 valence electrons. The van der Waals surface area contributed by atoms with Gasteiger partial charge in [-0.1, -0.05) is 31.2 Å². The van der Waals surface area contributed by atoms with Gasteiger partial charge in [-0.05, 0) is 37.1 Å². The zero-order valence-corrected chi connectivity index (χ0v) is 13.7. The monoisotopic (exact) mass is 304 g/mol. The molecule has 1 aromatic rings. The Balaban J connectivity index is 1.77. The number of likely N-dealkylation sites (N-methyl/N-ethyl adjacent to an activating group) is 1. The van der Waals surface area contributed by atoms with Gasteiger partial charge < -0.3 is 15.8 Å². The first-order chi connectivity index (χ1) is 10.7. The summed E-state index contributed by atoms with van der Waals surface area (Å²) in [4.78, 5) is 6.91. The van der Waals surface area contributed by atoms with E-state index in [1.54, 1.807) is 7.11 Å². The van der Waals surface area contributed by atoms with Gasteiger partial charge in [-0.25, -0.2) is 4.99 Å². The van der Waals surface area contributed by atoms with E-state index in [2.05, 4.69) is 46.4 Å². The summed E-state index contributed by atoms with van der Waals surface area (Å²) in [7, 11) is 1.70. The molecule has 1 heterocycles. The quantitative estimate of drug-likeness (QED) is 0.595. The molecule has 1 aliphatic rings. The Morgan fingerprint density at radius 1 is 1.36 bits per heavy atom. The standard InChI is InChI=1S/C17H28N4O/c1-3-21-10-4-5-16(21)12-20-17(18)19-11-14-6-8-15(9-7-14)13-22-2/h6-9,16H,3-5,10-13H2,1-2H3,(H3,18,19,20). The van der Waals surface area contributed by atoms with Crippen LogP contribution in [0.15, 0.2) is 29.3 Å². The third-order valence-corrected chi connectivity index (χ3v) is 4.19. The SMILES string of the molecule is CCN1CCCC1CNC(N)=NCc1ccc(COC)cc1. The number of aliphatic imine (C=N–C) groups is 1. The van der Waals surface area contributed by atoms with Gasteiger partial charge in [-0.3, -0.25) is 4.90 Å². The molecular weight excluding hydrogens is 276 g/mol. The van der Waals surface area contributed by atoms with Crippen LogP contribution >= 0.6 is 0 Å². The Bertz CT molecular complexity index is 472. The highest BCUT2D eigenvalue weighted by Crippen LogP contribution is 2.15. The molecule has 1 saturated heterocycles. The summed E-state index contributed by atoms with van der Waals surface area (Å²) in [6.45, 7) is 6.65. The van der Waals surface area contributed by atoms with E-state index in [0.29, 0.717) is 25.2 Å². The molecule has 1 aromatic carbocycles. The number of hydrogen-bond acceptors (Lipinski definition) is 3. The second-order valence-corrected chi connectivity index (χ2v) is 5.76. The van der Waals surface area contributed by atoms with Gasteiger partial charge in [0, 0.05) is 19.7 Å². The van der Waals surface area contributed by atoms with Crippen molar-refractivity contribution in [1.82, 2.24) is 10.2 Å². The smallest absolute Gasteiger partial charge is 0.188 e. The number of likely N-dealkylation sites (tertiary alicyclic amines) is 1. The lowest BCUT2D eigenvalue weighted by Gasteiger charge is -2.23.